The van der Waals surface area contributed by atoms with Gasteiger partial charge in [-0.3, -0.25) is 10.8 Å². The van der Waals surface area contributed by atoms with Crippen LogP contribution in [0.15, 0.2) is 57.4 Å². The molecule has 28 heavy (non-hydrogen) atoms. The molecule has 0 spiro atoms. The summed E-state index contributed by atoms with van der Waals surface area (Å²) in [7, 11) is 0. The SMILES string of the molecule is C/C(=C\c1cc2cc(C(=N)N)ccc2o1)c1cc2cc(C(=N)N)ccc2o1.Cl. The first-order valence-corrected chi connectivity index (χ1v) is 8.35. The molecule has 0 saturated heterocycles. The second-order valence-corrected chi connectivity index (χ2v) is 6.42. The van der Waals surface area contributed by atoms with Gasteiger partial charge in [0.2, 0.25) is 0 Å². The van der Waals surface area contributed by atoms with Crippen LogP contribution < -0.4 is 11.5 Å². The molecule has 7 heteroatoms. The molecule has 0 fully saturated rings. The van der Waals surface area contributed by atoms with Crippen molar-refractivity contribution in [2.24, 2.45) is 11.5 Å². The number of hydrogen-bond donors (Lipinski definition) is 4. The summed E-state index contributed by atoms with van der Waals surface area (Å²) in [5.74, 6) is 1.46. The van der Waals surface area contributed by atoms with E-state index >= 15 is 0 Å². The molecule has 4 aromatic rings. The number of fused-ring (bicyclic) bond motifs is 2. The van der Waals surface area contributed by atoms with E-state index in [4.69, 9.17) is 31.1 Å². The van der Waals surface area contributed by atoms with E-state index in [9.17, 15) is 0 Å². The van der Waals surface area contributed by atoms with Gasteiger partial charge in [0.15, 0.2) is 0 Å². The maximum Gasteiger partial charge on any atom is 0.134 e. The molecule has 2 aromatic carbocycles. The molecule has 142 valence electrons. The molecule has 0 aliphatic rings. The maximum absolute atomic E-state index is 7.55. The van der Waals surface area contributed by atoms with Crippen LogP contribution in [0.25, 0.3) is 33.6 Å². The fraction of sp³-hybridized carbons (Fsp3) is 0.0476. The topological polar surface area (TPSA) is 126 Å². The van der Waals surface area contributed by atoms with Crippen LogP contribution in [0, 0.1) is 10.8 Å². The highest BCUT2D eigenvalue weighted by atomic mass is 35.5. The predicted molar refractivity (Wildman–Crippen MR) is 115 cm³/mol. The van der Waals surface area contributed by atoms with Gasteiger partial charge in [0, 0.05) is 21.9 Å². The third-order valence-corrected chi connectivity index (χ3v) is 4.42. The minimum absolute atomic E-state index is 0. The summed E-state index contributed by atoms with van der Waals surface area (Å²) >= 11 is 0. The third kappa shape index (κ3) is 3.50. The van der Waals surface area contributed by atoms with Crippen molar-refractivity contribution >= 4 is 57.7 Å². The molecule has 0 amide bonds. The van der Waals surface area contributed by atoms with Crippen molar-refractivity contribution in [3.63, 3.8) is 0 Å². The lowest BCUT2D eigenvalue weighted by Gasteiger charge is -1.96. The highest BCUT2D eigenvalue weighted by molar-refractivity contribution is 6.00. The minimum Gasteiger partial charge on any atom is -0.457 e. The molecule has 2 aromatic heterocycles. The minimum atomic E-state index is 0. The Morgan fingerprint density at radius 1 is 0.821 bits per heavy atom. The lowest BCUT2D eigenvalue weighted by atomic mass is 10.1. The summed E-state index contributed by atoms with van der Waals surface area (Å²) in [4.78, 5) is 0. The molecule has 6 nitrogen and oxygen atoms in total. The van der Waals surface area contributed by atoms with Crippen LogP contribution in [0.2, 0.25) is 0 Å². The second-order valence-electron chi connectivity index (χ2n) is 6.42. The lowest BCUT2D eigenvalue weighted by Crippen LogP contribution is -2.10. The van der Waals surface area contributed by atoms with Crippen molar-refractivity contribution in [1.29, 1.82) is 10.8 Å². The number of nitrogens with two attached hydrogens (primary N) is 2. The van der Waals surface area contributed by atoms with Crippen LogP contribution >= 0.6 is 12.4 Å². The average Bonchev–Trinajstić information content (AvgIpc) is 3.23. The largest absolute Gasteiger partial charge is 0.457 e. The molecule has 4 rings (SSSR count). The zero-order valence-electron chi connectivity index (χ0n) is 15.1. The predicted octanol–water partition coefficient (Wildman–Crippen LogP) is 4.73. The first-order valence-electron chi connectivity index (χ1n) is 8.35. The Morgan fingerprint density at radius 3 is 1.93 bits per heavy atom. The summed E-state index contributed by atoms with van der Waals surface area (Å²) < 4.78 is 11.7. The molecule has 0 atom stereocenters. The van der Waals surface area contributed by atoms with Crippen molar-refractivity contribution in [3.8, 4) is 0 Å². The molecular formula is C21H19ClN4O2. The van der Waals surface area contributed by atoms with Gasteiger partial charge < -0.3 is 20.3 Å². The smallest absolute Gasteiger partial charge is 0.134 e. The van der Waals surface area contributed by atoms with Gasteiger partial charge in [0.25, 0.3) is 0 Å². The van der Waals surface area contributed by atoms with Crippen LogP contribution in [0.4, 0.5) is 0 Å². The maximum atomic E-state index is 7.55. The number of furan rings is 2. The summed E-state index contributed by atoms with van der Waals surface area (Å²) in [6, 6.07) is 14.6. The van der Waals surface area contributed by atoms with Gasteiger partial charge >= 0.3 is 0 Å². The van der Waals surface area contributed by atoms with Crippen molar-refractivity contribution in [3.05, 3.63) is 71.2 Å². The Labute approximate surface area is 167 Å². The summed E-state index contributed by atoms with van der Waals surface area (Å²) in [5.41, 5.74) is 14.8. The molecule has 0 aliphatic heterocycles. The van der Waals surface area contributed by atoms with E-state index in [0.29, 0.717) is 16.9 Å². The standard InChI is InChI=1S/C21H18N4O2.ClH/c1-11(19-10-15-8-13(21(24)25)3-5-18(15)27-19)6-16-9-14-7-12(20(22)23)2-4-17(14)26-16;/h2-10H,1H3,(H3,22,23)(H3,24,25);1H/b11-6+;. The fourth-order valence-electron chi connectivity index (χ4n) is 2.99. The molecule has 2 heterocycles. The van der Waals surface area contributed by atoms with Crippen molar-refractivity contribution in [1.82, 2.24) is 0 Å². The van der Waals surface area contributed by atoms with Gasteiger partial charge in [-0.2, -0.15) is 0 Å². The number of hydrogen-bond acceptors (Lipinski definition) is 4. The quantitative estimate of drug-likeness (QED) is 0.295. The zero-order chi connectivity index (χ0) is 19.1. The van der Waals surface area contributed by atoms with E-state index in [-0.39, 0.29) is 24.1 Å². The Bertz CT molecular complexity index is 1250. The molecule has 6 N–H and O–H groups in total. The Morgan fingerprint density at radius 2 is 1.36 bits per heavy atom. The van der Waals surface area contributed by atoms with Crippen LogP contribution in [0.3, 0.4) is 0 Å². The van der Waals surface area contributed by atoms with Gasteiger partial charge in [-0.25, -0.2) is 0 Å². The highest BCUT2D eigenvalue weighted by Gasteiger charge is 2.09. The van der Waals surface area contributed by atoms with Gasteiger partial charge in [-0.1, -0.05) is 0 Å². The van der Waals surface area contributed by atoms with Crippen molar-refractivity contribution < 1.29 is 8.83 Å². The van der Waals surface area contributed by atoms with E-state index in [1.165, 1.54) is 0 Å². The summed E-state index contributed by atoms with van der Waals surface area (Å²) in [6.07, 6.45) is 1.90. The monoisotopic (exact) mass is 394 g/mol. The van der Waals surface area contributed by atoms with Gasteiger partial charge in [0.1, 0.15) is 34.4 Å². The molecule has 0 unspecified atom stereocenters. The molecule has 0 radical (unpaired) electrons. The first kappa shape index (κ1) is 19.3. The van der Waals surface area contributed by atoms with Crippen LogP contribution in [0.1, 0.15) is 29.6 Å². The first-order chi connectivity index (χ1) is 12.9. The van der Waals surface area contributed by atoms with Crippen LogP contribution in [0.5, 0.6) is 0 Å². The fourth-order valence-corrected chi connectivity index (χ4v) is 2.99. The third-order valence-electron chi connectivity index (χ3n) is 4.42. The van der Waals surface area contributed by atoms with Gasteiger partial charge in [0.05, 0.1) is 0 Å². The van der Waals surface area contributed by atoms with Crippen LogP contribution in [-0.2, 0) is 0 Å². The van der Waals surface area contributed by atoms with Gasteiger partial charge in [-0.05, 0) is 67.1 Å². The normalized spacial score (nSPS) is 11.5. The molecular weight excluding hydrogens is 376 g/mol. The zero-order valence-corrected chi connectivity index (χ0v) is 15.9. The van der Waals surface area contributed by atoms with E-state index in [2.05, 4.69) is 0 Å². The number of halogens is 1. The average molecular weight is 395 g/mol. The Kier molecular flexibility index (Phi) is 4.98. The van der Waals surface area contributed by atoms with Crippen LogP contribution in [-0.4, -0.2) is 11.7 Å². The van der Waals surface area contributed by atoms with Gasteiger partial charge in [-0.15, -0.1) is 12.4 Å². The number of nitrogens with one attached hydrogen (secondary N) is 2. The van der Waals surface area contributed by atoms with E-state index in [0.717, 1.165) is 33.3 Å². The van der Waals surface area contributed by atoms with E-state index in [1.807, 2.05) is 49.4 Å². The Balaban J connectivity index is 0.00000225. The summed E-state index contributed by atoms with van der Waals surface area (Å²) in [6.45, 7) is 1.94. The number of allylic oxidation sites excluding steroid dienone is 1. The van der Waals surface area contributed by atoms with Crippen molar-refractivity contribution in [2.45, 2.75) is 6.92 Å². The second kappa shape index (κ2) is 7.25. The Hall–Kier alpha value is -3.51. The summed E-state index contributed by atoms with van der Waals surface area (Å²) in [5, 5.41) is 16.9. The highest BCUT2D eigenvalue weighted by Crippen LogP contribution is 2.28. The molecule has 0 bridgehead atoms. The molecule has 0 aliphatic carbocycles. The number of benzene rings is 2. The lowest BCUT2D eigenvalue weighted by molar-refractivity contribution is 0.595. The van der Waals surface area contributed by atoms with E-state index in [1.54, 1.807) is 12.1 Å². The number of rotatable bonds is 4. The number of nitrogen functional groups attached to an aromatic ring is 2. The van der Waals surface area contributed by atoms with Crippen molar-refractivity contribution in [2.75, 3.05) is 0 Å². The van der Waals surface area contributed by atoms with E-state index < -0.39 is 0 Å². The number of amidine groups is 2. The molecule has 0 saturated carbocycles.